The second-order valence-corrected chi connectivity index (χ2v) is 6.34. The number of hydrogen-bond donors (Lipinski definition) is 3. The van der Waals surface area contributed by atoms with Crippen LogP contribution in [0.4, 0.5) is 4.79 Å². The number of aromatic nitrogens is 1. The highest BCUT2D eigenvalue weighted by atomic mass is 16.5. The Balaban J connectivity index is 1.56. The van der Waals surface area contributed by atoms with Gasteiger partial charge in [-0.2, -0.15) is 0 Å². The molecule has 0 bridgehead atoms. The lowest BCUT2D eigenvalue weighted by Crippen LogP contribution is -2.38. The second kappa shape index (κ2) is 8.49. The van der Waals surface area contributed by atoms with Gasteiger partial charge in [0.2, 0.25) is 0 Å². The van der Waals surface area contributed by atoms with E-state index in [4.69, 9.17) is 9.47 Å². The number of ether oxygens (including phenoxy) is 2. The van der Waals surface area contributed by atoms with Crippen LogP contribution in [0.5, 0.6) is 11.5 Å². The molecule has 0 aliphatic heterocycles. The van der Waals surface area contributed by atoms with Crippen LogP contribution in [0.2, 0.25) is 0 Å². The van der Waals surface area contributed by atoms with Crippen LogP contribution < -0.4 is 20.1 Å². The maximum Gasteiger partial charge on any atom is 0.315 e. The van der Waals surface area contributed by atoms with Gasteiger partial charge in [0.25, 0.3) is 0 Å². The predicted molar refractivity (Wildman–Crippen MR) is 106 cm³/mol. The summed E-state index contributed by atoms with van der Waals surface area (Å²) in [5, 5.41) is 7.05. The highest BCUT2D eigenvalue weighted by Gasteiger charge is 2.15. The molecule has 1 aromatic heterocycles. The first kappa shape index (κ1) is 18.6. The minimum atomic E-state index is -0.219. The quantitative estimate of drug-likeness (QED) is 0.595. The van der Waals surface area contributed by atoms with Crippen molar-refractivity contribution < 1.29 is 14.3 Å². The molecule has 2 amide bonds. The summed E-state index contributed by atoms with van der Waals surface area (Å²) in [6, 6.07) is 13.2. The van der Waals surface area contributed by atoms with Crippen molar-refractivity contribution in [3.8, 4) is 11.5 Å². The van der Waals surface area contributed by atoms with Gasteiger partial charge in [0, 0.05) is 29.2 Å². The SMILES string of the molecule is COc1ccc(OC)c(C(C)NC(=O)NCCc2c[nH]c3ccccc23)c1. The Hall–Kier alpha value is -3.15. The molecule has 0 fully saturated rings. The van der Waals surface area contributed by atoms with Crippen molar-refractivity contribution in [2.75, 3.05) is 20.8 Å². The van der Waals surface area contributed by atoms with Gasteiger partial charge in [0.1, 0.15) is 11.5 Å². The number of urea groups is 1. The topological polar surface area (TPSA) is 75.4 Å². The molecule has 1 atom stereocenters. The molecule has 0 aliphatic carbocycles. The molecule has 3 rings (SSSR count). The molecular formula is C21H25N3O3. The van der Waals surface area contributed by atoms with Crippen LogP contribution in [0.25, 0.3) is 10.9 Å². The monoisotopic (exact) mass is 367 g/mol. The molecule has 1 unspecified atom stereocenters. The van der Waals surface area contributed by atoms with E-state index in [-0.39, 0.29) is 12.1 Å². The van der Waals surface area contributed by atoms with Crippen LogP contribution in [0.1, 0.15) is 24.1 Å². The lowest BCUT2D eigenvalue weighted by molar-refractivity contribution is 0.238. The minimum absolute atomic E-state index is 0.216. The average molecular weight is 367 g/mol. The number of fused-ring (bicyclic) bond motifs is 1. The molecular weight excluding hydrogens is 342 g/mol. The molecule has 6 heteroatoms. The zero-order chi connectivity index (χ0) is 19.2. The summed E-state index contributed by atoms with van der Waals surface area (Å²) < 4.78 is 10.7. The number of amides is 2. The van der Waals surface area contributed by atoms with Crippen LogP contribution in [0.15, 0.2) is 48.7 Å². The number of hydrogen-bond acceptors (Lipinski definition) is 3. The highest BCUT2D eigenvalue weighted by Crippen LogP contribution is 2.29. The molecule has 0 aliphatic rings. The Kier molecular flexibility index (Phi) is 5.86. The highest BCUT2D eigenvalue weighted by molar-refractivity contribution is 5.83. The molecule has 3 N–H and O–H groups in total. The van der Waals surface area contributed by atoms with Gasteiger partial charge in [-0.25, -0.2) is 4.79 Å². The molecule has 0 saturated heterocycles. The van der Waals surface area contributed by atoms with Crippen LogP contribution >= 0.6 is 0 Å². The first-order chi connectivity index (χ1) is 13.1. The van der Waals surface area contributed by atoms with Crippen LogP contribution in [0, 0.1) is 0 Å². The van der Waals surface area contributed by atoms with Gasteiger partial charge in [-0.3, -0.25) is 0 Å². The Labute approximate surface area is 158 Å². The van der Waals surface area contributed by atoms with E-state index in [0.29, 0.717) is 12.3 Å². The Bertz CT molecular complexity index is 920. The number of H-pyrrole nitrogens is 1. The summed E-state index contributed by atoms with van der Waals surface area (Å²) in [7, 11) is 3.22. The Morgan fingerprint density at radius 2 is 1.96 bits per heavy atom. The fraction of sp³-hybridized carbons (Fsp3) is 0.286. The third kappa shape index (κ3) is 4.34. The maximum atomic E-state index is 12.3. The van der Waals surface area contributed by atoms with E-state index in [1.807, 2.05) is 49.5 Å². The van der Waals surface area contributed by atoms with Crippen molar-refractivity contribution >= 4 is 16.9 Å². The third-order valence-corrected chi connectivity index (χ3v) is 4.61. The molecule has 2 aromatic carbocycles. The molecule has 0 radical (unpaired) electrons. The molecule has 27 heavy (non-hydrogen) atoms. The number of rotatable bonds is 7. The van der Waals surface area contributed by atoms with Gasteiger partial charge in [-0.1, -0.05) is 18.2 Å². The first-order valence-electron chi connectivity index (χ1n) is 8.93. The predicted octanol–water partition coefficient (Wildman–Crippen LogP) is 3.79. The second-order valence-electron chi connectivity index (χ2n) is 6.34. The van der Waals surface area contributed by atoms with Gasteiger partial charge in [0.15, 0.2) is 0 Å². The molecule has 1 heterocycles. The first-order valence-corrected chi connectivity index (χ1v) is 8.93. The van der Waals surface area contributed by atoms with Gasteiger partial charge < -0.3 is 25.1 Å². The van der Waals surface area contributed by atoms with Crippen LogP contribution in [0.3, 0.4) is 0 Å². The summed E-state index contributed by atoms with van der Waals surface area (Å²) in [4.78, 5) is 15.5. The van der Waals surface area contributed by atoms with E-state index in [9.17, 15) is 4.79 Å². The molecule has 6 nitrogen and oxygen atoms in total. The summed E-state index contributed by atoms with van der Waals surface area (Å²) in [6.07, 6.45) is 2.75. The zero-order valence-corrected chi connectivity index (χ0v) is 15.8. The third-order valence-electron chi connectivity index (χ3n) is 4.61. The van der Waals surface area contributed by atoms with Crippen molar-refractivity contribution in [2.45, 2.75) is 19.4 Å². The largest absolute Gasteiger partial charge is 0.497 e. The molecule has 3 aromatic rings. The minimum Gasteiger partial charge on any atom is -0.497 e. The van der Waals surface area contributed by atoms with E-state index in [2.05, 4.69) is 21.7 Å². The van der Waals surface area contributed by atoms with E-state index in [0.717, 1.165) is 23.3 Å². The average Bonchev–Trinajstić information content (AvgIpc) is 3.10. The Morgan fingerprint density at radius 3 is 2.74 bits per heavy atom. The molecule has 0 saturated carbocycles. The molecule has 0 spiro atoms. The summed E-state index contributed by atoms with van der Waals surface area (Å²) >= 11 is 0. The summed E-state index contributed by atoms with van der Waals surface area (Å²) in [5.74, 6) is 1.43. The van der Waals surface area contributed by atoms with Crippen molar-refractivity contribution in [3.63, 3.8) is 0 Å². The zero-order valence-electron chi connectivity index (χ0n) is 15.8. The summed E-state index contributed by atoms with van der Waals surface area (Å²) in [6.45, 7) is 2.46. The van der Waals surface area contributed by atoms with E-state index < -0.39 is 0 Å². The van der Waals surface area contributed by atoms with Crippen molar-refractivity contribution in [2.24, 2.45) is 0 Å². The van der Waals surface area contributed by atoms with E-state index in [1.165, 1.54) is 10.9 Å². The normalized spacial score (nSPS) is 11.8. The number of methoxy groups -OCH3 is 2. The standard InChI is InChI=1S/C21H25N3O3/c1-14(18-12-16(26-2)8-9-20(18)27-3)24-21(25)22-11-10-15-13-23-19-7-5-4-6-17(15)19/h4-9,12-14,23H,10-11H2,1-3H3,(H2,22,24,25). The van der Waals surface area contributed by atoms with Gasteiger partial charge >= 0.3 is 6.03 Å². The summed E-state index contributed by atoms with van der Waals surface area (Å²) in [5.41, 5.74) is 3.16. The number of nitrogens with one attached hydrogen (secondary N) is 3. The number of para-hydroxylation sites is 1. The van der Waals surface area contributed by atoms with Crippen molar-refractivity contribution in [1.82, 2.24) is 15.6 Å². The van der Waals surface area contributed by atoms with Crippen LogP contribution in [-0.2, 0) is 6.42 Å². The van der Waals surface area contributed by atoms with Crippen molar-refractivity contribution in [3.05, 3.63) is 59.8 Å². The lowest BCUT2D eigenvalue weighted by atomic mass is 10.1. The number of carbonyl (C=O) groups excluding carboxylic acids is 1. The fourth-order valence-electron chi connectivity index (χ4n) is 3.15. The Morgan fingerprint density at radius 1 is 1.15 bits per heavy atom. The number of carbonyl (C=O) groups is 1. The van der Waals surface area contributed by atoms with E-state index >= 15 is 0 Å². The van der Waals surface area contributed by atoms with E-state index in [1.54, 1.807) is 14.2 Å². The van der Waals surface area contributed by atoms with Crippen LogP contribution in [-0.4, -0.2) is 31.8 Å². The van der Waals surface area contributed by atoms with Gasteiger partial charge in [-0.05, 0) is 43.2 Å². The fourth-order valence-corrected chi connectivity index (χ4v) is 3.15. The van der Waals surface area contributed by atoms with Crippen molar-refractivity contribution in [1.29, 1.82) is 0 Å². The molecule has 142 valence electrons. The lowest BCUT2D eigenvalue weighted by Gasteiger charge is -2.18. The number of aromatic amines is 1. The maximum absolute atomic E-state index is 12.3. The van der Waals surface area contributed by atoms with Gasteiger partial charge in [-0.15, -0.1) is 0 Å². The van der Waals surface area contributed by atoms with Gasteiger partial charge in [0.05, 0.1) is 20.3 Å². The smallest absolute Gasteiger partial charge is 0.315 e. The number of benzene rings is 2.